The van der Waals surface area contributed by atoms with Crippen LogP contribution in [0.2, 0.25) is 0 Å². The molecule has 0 unspecified atom stereocenters. The standard InChI is InChI=1S/C11H11NO6/c1-2-16-10(13)11(7-12(14)15)17-8-5-3-4-6-9(8)18-11/h3-6H,2,7H2,1H3. The van der Waals surface area contributed by atoms with Crippen LogP contribution in [0, 0.1) is 10.1 Å². The molecule has 0 N–H and O–H groups in total. The molecule has 2 rings (SSSR count). The van der Waals surface area contributed by atoms with Gasteiger partial charge in [-0.2, -0.15) is 0 Å². The molecule has 0 fully saturated rings. The third-order valence-corrected chi connectivity index (χ3v) is 2.32. The lowest BCUT2D eigenvalue weighted by molar-refractivity contribution is -0.505. The number of hydrogen-bond donors (Lipinski definition) is 0. The number of ether oxygens (including phenoxy) is 3. The monoisotopic (exact) mass is 253 g/mol. The first kappa shape index (κ1) is 12.2. The van der Waals surface area contributed by atoms with Crippen molar-refractivity contribution in [1.29, 1.82) is 0 Å². The molecule has 0 amide bonds. The van der Waals surface area contributed by atoms with E-state index in [-0.39, 0.29) is 18.1 Å². The van der Waals surface area contributed by atoms with Gasteiger partial charge >= 0.3 is 11.8 Å². The molecular weight excluding hydrogens is 242 g/mol. The van der Waals surface area contributed by atoms with Crippen molar-refractivity contribution in [3.05, 3.63) is 34.4 Å². The van der Waals surface area contributed by atoms with Crippen LogP contribution in [-0.2, 0) is 9.53 Å². The highest BCUT2D eigenvalue weighted by Gasteiger charge is 2.55. The van der Waals surface area contributed by atoms with Gasteiger partial charge in [-0.1, -0.05) is 12.1 Å². The van der Waals surface area contributed by atoms with Gasteiger partial charge in [0.2, 0.25) is 0 Å². The van der Waals surface area contributed by atoms with Crippen LogP contribution < -0.4 is 9.47 Å². The minimum atomic E-state index is -2.02. The van der Waals surface area contributed by atoms with Crippen molar-refractivity contribution < 1.29 is 23.9 Å². The summed E-state index contributed by atoms with van der Waals surface area (Å²) in [6.45, 7) is 0.863. The van der Waals surface area contributed by atoms with Gasteiger partial charge in [-0.3, -0.25) is 10.1 Å². The van der Waals surface area contributed by atoms with Gasteiger partial charge in [0.05, 0.1) is 6.61 Å². The molecule has 0 saturated carbocycles. The summed E-state index contributed by atoms with van der Waals surface area (Å²) < 4.78 is 15.3. The predicted octanol–water partition coefficient (Wildman–Crippen LogP) is 0.994. The van der Waals surface area contributed by atoms with Gasteiger partial charge in [-0.05, 0) is 19.1 Å². The number of nitro groups is 1. The molecule has 0 spiro atoms. The first-order valence-electron chi connectivity index (χ1n) is 5.33. The van der Waals surface area contributed by atoms with Gasteiger partial charge in [-0.15, -0.1) is 0 Å². The molecular formula is C11H11NO6. The molecule has 0 radical (unpaired) electrons. The summed E-state index contributed by atoms with van der Waals surface area (Å²) in [6.07, 6.45) is 0. The minimum absolute atomic E-state index is 0.0847. The maximum atomic E-state index is 11.8. The first-order valence-corrected chi connectivity index (χ1v) is 5.33. The second-order valence-electron chi connectivity index (χ2n) is 3.62. The molecule has 96 valence electrons. The van der Waals surface area contributed by atoms with Gasteiger partial charge in [0.1, 0.15) is 0 Å². The SMILES string of the molecule is CCOC(=O)C1(C[N+](=O)[O-])Oc2ccccc2O1. The summed E-state index contributed by atoms with van der Waals surface area (Å²) >= 11 is 0. The van der Waals surface area contributed by atoms with Crippen LogP contribution in [0.1, 0.15) is 6.92 Å². The van der Waals surface area contributed by atoms with Crippen molar-refractivity contribution in [2.75, 3.05) is 13.2 Å². The van der Waals surface area contributed by atoms with E-state index in [2.05, 4.69) is 0 Å². The van der Waals surface area contributed by atoms with E-state index >= 15 is 0 Å². The van der Waals surface area contributed by atoms with Gasteiger partial charge in [-0.25, -0.2) is 4.79 Å². The van der Waals surface area contributed by atoms with E-state index < -0.39 is 23.2 Å². The number of rotatable bonds is 4. The number of fused-ring (bicyclic) bond motifs is 1. The molecule has 1 aliphatic rings. The van der Waals surface area contributed by atoms with Gasteiger partial charge in [0.25, 0.3) is 6.54 Å². The Kier molecular flexibility index (Phi) is 3.05. The second-order valence-corrected chi connectivity index (χ2v) is 3.62. The number of para-hydroxylation sites is 2. The van der Waals surface area contributed by atoms with E-state index in [0.29, 0.717) is 0 Å². The van der Waals surface area contributed by atoms with E-state index in [4.69, 9.17) is 14.2 Å². The normalized spacial score (nSPS) is 15.2. The number of hydrogen-bond acceptors (Lipinski definition) is 6. The topological polar surface area (TPSA) is 87.9 Å². The molecule has 0 atom stereocenters. The summed E-state index contributed by atoms with van der Waals surface area (Å²) in [4.78, 5) is 21.8. The lowest BCUT2D eigenvalue weighted by Gasteiger charge is -2.20. The Hall–Kier alpha value is -2.31. The maximum Gasteiger partial charge on any atom is 0.418 e. The van der Waals surface area contributed by atoms with Gasteiger partial charge in [0, 0.05) is 4.92 Å². The van der Waals surface area contributed by atoms with Crippen molar-refractivity contribution in [3.63, 3.8) is 0 Å². The van der Waals surface area contributed by atoms with Crippen LogP contribution in [0.15, 0.2) is 24.3 Å². The van der Waals surface area contributed by atoms with Crippen molar-refractivity contribution in [2.24, 2.45) is 0 Å². The van der Waals surface area contributed by atoms with Crippen LogP contribution in [0.3, 0.4) is 0 Å². The number of benzene rings is 1. The fourth-order valence-electron chi connectivity index (χ4n) is 1.62. The van der Waals surface area contributed by atoms with E-state index in [0.717, 1.165) is 0 Å². The quantitative estimate of drug-likeness (QED) is 0.451. The second kappa shape index (κ2) is 4.52. The summed E-state index contributed by atoms with van der Waals surface area (Å²) in [5.41, 5.74) is 0. The molecule has 1 aliphatic heterocycles. The lowest BCUT2D eigenvalue weighted by atomic mass is 10.3. The fourth-order valence-corrected chi connectivity index (χ4v) is 1.62. The summed E-state index contributed by atoms with van der Waals surface area (Å²) in [5, 5.41) is 10.7. The molecule has 7 nitrogen and oxygen atoms in total. The van der Waals surface area contributed by atoms with Crippen molar-refractivity contribution in [1.82, 2.24) is 0 Å². The molecule has 7 heteroatoms. The van der Waals surface area contributed by atoms with Crippen LogP contribution >= 0.6 is 0 Å². The fraction of sp³-hybridized carbons (Fsp3) is 0.364. The summed E-state index contributed by atoms with van der Waals surface area (Å²) in [6, 6.07) is 6.48. The van der Waals surface area contributed by atoms with Crippen LogP contribution in [0.4, 0.5) is 0 Å². The van der Waals surface area contributed by atoms with Crippen molar-refractivity contribution in [3.8, 4) is 11.5 Å². The van der Waals surface area contributed by atoms with E-state index in [1.165, 1.54) is 0 Å². The summed E-state index contributed by atoms with van der Waals surface area (Å²) in [5.74, 6) is -2.36. The van der Waals surface area contributed by atoms with Crippen molar-refractivity contribution in [2.45, 2.75) is 12.7 Å². The zero-order chi connectivity index (χ0) is 13.2. The minimum Gasteiger partial charge on any atom is -0.460 e. The Bertz CT molecular complexity index is 461. The largest absolute Gasteiger partial charge is 0.460 e. The Morgan fingerprint density at radius 1 is 1.39 bits per heavy atom. The third-order valence-electron chi connectivity index (χ3n) is 2.32. The third kappa shape index (κ3) is 2.06. The van der Waals surface area contributed by atoms with Crippen LogP contribution in [-0.4, -0.2) is 29.8 Å². The number of carbonyl (C=O) groups is 1. The van der Waals surface area contributed by atoms with E-state index in [1.54, 1.807) is 31.2 Å². The van der Waals surface area contributed by atoms with Crippen molar-refractivity contribution >= 4 is 5.97 Å². The Balaban J connectivity index is 2.30. The Morgan fingerprint density at radius 2 is 1.94 bits per heavy atom. The van der Waals surface area contributed by atoms with Gasteiger partial charge in [0.15, 0.2) is 11.5 Å². The Labute approximate surface area is 102 Å². The molecule has 0 saturated heterocycles. The Morgan fingerprint density at radius 3 is 2.39 bits per heavy atom. The molecule has 0 bridgehead atoms. The van der Waals surface area contributed by atoms with E-state index in [1.807, 2.05) is 0 Å². The first-order chi connectivity index (χ1) is 8.57. The molecule has 0 aromatic heterocycles. The molecule has 0 aliphatic carbocycles. The highest BCUT2D eigenvalue weighted by Crippen LogP contribution is 2.39. The van der Waals surface area contributed by atoms with Crippen LogP contribution in [0.5, 0.6) is 11.5 Å². The van der Waals surface area contributed by atoms with Crippen LogP contribution in [0.25, 0.3) is 0 Å². The predicted molar refractivity (Wildman–Crippen MR) is 58.9 cm³/mol. The highest BCUT2D eigenvalue weighted by atomic mass is 16.8. The zero-order valence-electron chi connectivity index (χ0n) is 9.62. The molecule has 18 heavy (non-hydrogen) atoms. The maximum absolute atomic E-state index is 11.8. The van der Waals surface area contributed by atoms with E-state index in [9.17, 15) is 14.9 Å². The number of nitrogens with zero attached hydrogens (tertiary/aromatic N) is 1. The zero-order valence-corrected chi connectivity index (χ0v) is 9.62. The highest BCUT2D eigenvalue weighted by molar-refractivity contribution is 5.80. The molecule has 1 aromatic carbocycles. The number of carbonyl (C=O) groups excluding carboxylic acids is 1. The average molecular weight is 253 g/mol. The lowest BCUT2D eigenvalue weighted by Crippen LogP contribution is -2.53. The number of esters is 1. The summed E-state index contributed by atoms with van der Waals surface area (Å²) in [7, 11) is 0. The smallest absolute Gasteiger partial charge is 0.418 e. The van der Waals surface area contributed by atoms with Gasteiger partial charge < -0.3 is 14.2 Å². The average Bonchev–Trinajstić information content (AvgIpc) is 2.67. The molecule has 1 aromatic rings. The molecule has 1 heterocycles.